The number of esters is 1. The summed E-state index contributed by atoms with van der Waals surface area (Å²) in [5, 5.41) is 19.6. The molecule has 160 valence electrons. The molecule has 4 aromatic rings. The van der Waals surface area contributed by atoms with Crippen molar-refractivity contribution in [3.63, 3.8) is 0 Å². The van der Waals surface area contributed by atoms with E-state index in [1.54, 1.807) is 44.2 Å². The van der Waals surface area contributed by atoms with Gasteiger partial charge in [-0.1, -0.05) is 34.8 Å². The Kier molecular flexibility index (Phi) is 5.56. The molecule has 0 aliphatic rings. The lowest BCUT2D eigenvalue weighted by molar-refractivity contribution is -0.385. The molecule has 0 atom stereocenters. The lowest BCUT2D eigenvalue weighted by Gasteiger charge is -2.09. The number of ether oxygens (including phenoxy) is 1. The molecule has 0 fully saturated rings. The first-order valence-electron chi connectivity index (χ1n) is 9.32. The number of carbonyl (C=O) groups is 2. The number of para-hydroxylation sites is 2. The Labute approximate surface area is 185 Å². The quantitative estimate of drug-likeness (QED) is 0.188. The van der Waals surface area contributed by atoms with Crippen molar-refractivity contribution in [1.82, 2.24) is 19.4 Å². The molecule has 0 aliphatic heterocycles. The topological polar surface area (TPSA) is 130 Å². The van der Waals surface area contributed by atoms with Gasteiger partial charge in [0.15, 0.2) is 4.88 Å². The second-order valence-electron chi connectivity index (χ2n) is 6.69. The molecule has 4 rings (SSSR count). The zero-order valence-corrected chi connectivity index (χ0v) is 17.7. The molecular weight excluding hydrogens is 434 g/mol. The number of carbonyl (C=O) groups excluding carboxylic acids is 2. The van der Waals surface area contributed by atoms with E-state index in [0.29, 0.717) is 11.4 Å². The van der Waals surface area contributed by atoms with Crippen molar-refractivity contribution in [2.24, 2.45) is 0 Å². The third kappa shape index (κ3) is 3.76. The van der Waals surface area contributed by atoms with Gasteiger partial charge < -0.3 is 4.74 Å². The van der Waals surface area contributed by atoms with E-state index < -0.39 is 16.7 Å². The van der Waals surface area contributed by atoms with E-state index in [0.717, 1.165) is 11.5 Å². The number of nitro groups is 1. The average molecular weight is 449 g/mol. The van der Waals surface area contributed by atoms with Crippen LogP contribution >= 0.6 is 11.5 Å². The fraction of sp³-hybridized carbons (Fsp3) is 0.0952. The summed E-state index contributed by atoms with van der Waals surface area (Å²) < 4.78 is 10.7. The van der Waals surface area contributed by atoms with Crippen molar-refractivity contribution < 1.29 is 19.2 Å². The largest absolute Gasteiger partial charge is 0.402 e. The molecule has 2 aromatic heterocycles. The highest BCUT2D eigenvalue weighted by Crippen LogP contribution is 2.32. The second kappa shape index (κ2) is 8.47. The number of nitrogens with zero attached hydrogens (tertiary/aromatic N) is 5. The molecule has 0 bridgehead atoms. The van der Waals surface area contributed by atoms with Crippen molar-refractivity contribution in [3.8, 4) is 11.6 Å². The van der Waals surface area contributed by atoms with E-state index in [2.05, 4.69) is 14.7 Å². The highest BCUT2D eigenvalue weighted by Gasteiger charge is 2.31. The zero-order chi connectivity index (χ0) is 22.8. The van der Waals surface area contributed by atoms with Gasteiger partial charge in [-0.25, -0.2) is 4.79 Å². The maximum atomic E-state index is 13.4. The Bertz CT molecular complexity index is 1350. The van der Waals surface area contributed by atoms with Crippen molar-refractivity contribution in [2.45, 2.75) is 13.8 Å². The zero-order valence-electron chi connectivity index (χ0n) is 16.9. The molecule has 10 nitrogen and oxygen atoms in total. The monoisotopic (exact) mass is 449 g/mol. The first-order chi connectivity index (χ1) is 15.4. The Hall–Kier alpha value is -4.25. The maximum absolute atomic E-state index is 13.4. The van der Waals surface area contributed by atoms with Crippen LogP contribution < -0.4 is 4.74 Å². The number of hydrogen-bond donors (Lipinski definition) is 0. The number of rotatable bonds is 6. The number of benzene rings is 2. The summed E-state index contributed by atoms with van der Waals surface area (Å²) in [6.07, 6.45) is 0. The van der Waals surface area contributed by atoms with Gasteiger partial charge >= 0.3 is 5.97 Å². The summed E-state index contributed by atoms with van der Waals surface area (Å²) >= 11 is 0.863. The predicted molar refractivity (Wildman–Crippen MR) is 114 cm³/mol. The molecule has 2 aromatic carbocycles. The Morgan fingerprint density at radius 1 is 1.03 bits per heavy atom. The third-order valence-electron chi connectivity index (χ3n) is 4.62. The van der Waals surface area contributed by atoms with Crippen molar-refractivity contribution in [1.29, 1.82) is 0 Å². The smallest absolute Gasteiger partial charge is 0.358 e. The molecule has 0 N–H and O–H groups in total. The lowest BCUT2D eigenvalue weighted by atomic mass is 10.0. The minimum absolute atomic E-state index is 0.0494. The second-order valence-corrected chi connectivity index (χ2v) is 7.45. The van der Waals surface area contributed by atoms with E-state index in [1.807, 2.05) is 0 Å². The summed E-state index contributed by atoms with van der Waals surface area (Å²) in [5.41, 5.74) is 0.629. The van der Waals surface area contributed by atoms with E-state index >= 15 is 0 Å². The Balaban J connectivity index is 1.88. The third-order valence-corrected chi connectivity index (χ3v) is 5.43. The minimum Gasteiger partial charge on any atom is -0.402 e. The van der Waals surface area contributed by atoms with Gasteiger partial charge in [-0.3, -0.25) is 14.9 Å². The van der Waals surface area contributed by atoms with Crippen LogP contribution in [0.4, 0.5) is 5.69 Å². The predicted octanol–water partition coefficient (Wildman–Crippen LogP) is 3.70. The van der Waals surface area contributed by atoms with E-state index in [1.165, 1.54) is 28.9 Å². The van der Waals surface area contributed by atoms with Gasteiger partial charge in [0.2, 0.25) is 11.7 Å². The number of aromatic nitrogens is 4. The summed E-state index contributed by atoms with van der Waals surface area (Å²) in [4.78, 5) is 37.2. The van der Waals surface area contributed by atoms with Gasteiger partial charge in [0.1, 0.15) is 11.1 Å². The van der Waals surface area contributed by atoms with Gasteiger partial charge in [-0.15, -0.1) is 5.10 Å². The standard InChI is InChI=1S/C21H15N5O5S/c1-12-17(18(27)15-10-6-7-11-16(15)26(29)30)20(25(23-12)14-8-4-3-5-9-14)31-21(28)19-13(2)22-24-32-19/h3-11H,1-2H3. The molecule has 0 amide bonds. The van der Waals surface area contributed by atoms with E-state index in [9.17, 15) is 19.7 Å². The number of ketones is 1. The molecule has 0 saturated heterocycles. The van der Waals surface area contributed by atoms with Crippen LogP contribution in [0.5, 0.6) is 5.88 Å². The molecule has 0 radical (unpaired) electrons. The van der Waals surface area contributed by atoms with Gasteiger partial charge in [-0.05, 0) is 43.6 Å². The molecule has 32 heavy (non-hydrogen) atoms. The molecule has 2 heterocycles. The number of nitro benzene ring substituents is 1. The van der Waals surface area contributed by atoms with Crippen molar-refractivity contribution in [3.05, 3.63) is 92.1 Å². The maximum Gasteiger partial charge on any atom is 0.358 e. The van der Waals surface area contributed by atoms with Gasteiger partial charge in [-0.2, -0.15) is 9.78 Å². The normalized spacial score (nSPS) is 10.7. The molecule has 0 aliphatic carbocycles. The number of hydrogen-bond acceptors (Lipinski definition) is 9. The Morgan fingerprint density at radius 2 is 1.72 bits per heavy atom. The van der Waals surface area contributed by atoms with Gasteiger partial charge in [0.25, 0.3) is 5.69 Å². The van der Waals surface area contributed by atoms with Crippen LogP contribution in [0.25, 0.3) is 5.69 Å². The van der Waals surface area contributed by atoms with Crippen LogP contribution in [0.15, 0.2) is 54.6 Å². The van der Waals surface area contributed by atoms with Crippen LogP contribution in [-0.4, -0.2) is 36.0 Å². The SMILES string of the molecule is Cc1nnsc1C(=O)Oc1c(C(=O)c2ccccc2[N+](=O)[O-])c(C)nn1-c1ccccc1. The molecule has 11 heteroatoms. The fourth-order valence-electron chi connectivity index (χ4n) is 3.12. The van der Waals surface area contributed by atoms with Gasteiger partial charge in [0, 0.05) is 6.07 Å². The first-order valence-corrected chi connectivity index (χ1v) is 10.1. The van der Waals surface area contributed by atoms with Crippen molar-refractivity contribution in [2.75, 3.05) is 0 Å². The van der Waals surface area contributed by atoms with Crippen LogP contribution in [0.3, 0.4) is 0 Å². The average Bonchev–Trinajstić information content (AvgIpc) is 3.36. The van der Waals surface area contributed by atoms with Crippen LogP contribution in [-0.2, 0) is 0 Å². The van der Waals surface area contributed by atoms with Crippen molar-refractivity contribution >= 4 is 29.0 Å². The van der Waals surface area contributed by atoms with E-state index in [-0.39, 0.29) is 33.3 Å². The Morgan fingerprint density at radius 3 is 2.38 bits per heavy atom. The highest BCUT2D eigenvalue weighted by atomic mass is 32.1. The van der Waals surface area contributed by atoms with E-state index in [4.69, 9.17) is 4.74 Å². The van der Waals surface area contributed by atoms with Crippen LogP contribution in [0.1, 0.15) is 37.0 Å². The highest BCUT2D eigenvalue weighted by molar-refractivity contribution is 7.07. The summed E-state index contributed by atoms with van der Waals surface area (Å²) in [6.45, 7) is 3.18. The molecular formula is C21H15N5O5S. The summed E-state index contributed by atoms with van der Waals surface area (Å²) in [5.74, 6) is -1.58. The fourth-order valence-corrected chi connectivity index (χ4v) is 3.65. The first kappa shape index (κ1) is 21.0. The van der Waals surface area contributed by atoms with Crippen LogP contribution in [0, 0.1) is 24.0 Å². The molecule has 0 spiro atoms. The summed E-state index contributed by atoms with van der Waals surface area (Å²) in [6, 6.07) is 14.4. The number of aryl methyl sites for hydroxylation is 2. The minimum atomic E-state index is -0.758. The summed E-state index contributed by atoms with van der Waals surface area (Å²) in [7, 11) is 0. The lowest BCUT2D eigenvalue weighted by Crippen LogP contribution is -2.15. The van der Waals surface area contributed by atoms with Gasteiger partial charge in [0.05, 0.1) is 22.0 Å². The molecule has 0 unspecified atom stereocenters. The molecule has 0 saturated carbocycles. The van der Waals surface area contributed by atoms with Crippen LogP contribution in [0.2, 0.25) is 0 Å².